The van der Waals surface area contributed by atoms with E-state index in [0.29, 0.717) is 18.8 Å². The van der Waals surface area contributed by atoms with Gasteiger partial charge in [-0.05, 0) is 65.3 Å². The van der Waals surface area contributed by atoms with Crippen molar-refractivity contribution in [3.05, 3.63) is 46.5 Å². The molecule has 1 unspecified atom stereocenters. The Balaban J connectivity index is 0.00000411. The molecule has 0 radical (unpaired) electrons. The lowest BCUT2D eigenvalue weighted by Crippen LogP contribution is -2.20. The van der Waals surface area contributed by atoms with Crippen LogP contribution in [0, 0.1) is 0 Å². The van der Waals surface area contributed by atoms with Crippen LogP contribution in [0.1, 0.15) is 138 Å². The summed E-state index contributed by atoms with van der Waals surface area (Å²) in [5.74, 6) is 0.750. The molecule has 0 spiro atoms. The zero-order valence-corrected chi connectivity index (χ0v) is 29.7. The van der Waals surface area contributed by atoms with Gasteiger partial charge in [-0.25, -0.2) is 0 Å². The third-order valence-corrected chi connectivity index (χ3v) is 8.86. The van der Waals surface area contributed by atoms with Gasteiger partial charge in [0.1, 0.15) is 11.5 Å². The third kappa shape index (κ3) is 11.1. The van der Waals surface area contributed by atoms with Crippen molar-refractivity contribution in [2.24, 2.45) is 0 Å². The number of phenols is 1. The number of carboxylic acids is 1. The van der Waals surface area contributed by atoms with Crippen LogP contribution in [0.4, 0.5) is 0 Å². The summed E-state index contributed by atoms with van der Waals surface area (Å²) < 4.78 is 6.56. The van der Waals surface area contributed by atoms with Crippen molar-refractivity contribution in [2.45, 2.75) is 146 Å². The Morgan fingerprint density at radius 2 is 1.20 bits per heavy atom. The molecule has 1 atom stereocenters. The maximum atomic E-state index is 11.0. The van der Waals surface area contributed by atoms with Crippen LogP contribution >= 0.6 is 23.5 Å². The number of ether oxygens (including phenoxy) is 1. The van der Waals surface area contributed by atoms with Gasteiger partial charge in [0.15, 0.2) is 0 Å². The molecule has 4 nitrogen and oxygen atoms in total. The summed E-state index contributed by atoms with van der Waals surface area (Å²) in [6.07, 6.45) is 0.583. The second-order valence-corrected chi connectivity index (χ2v) is 16.9. The average molecular weight is 605 g/mol. The van der Waals surface area contributed by atoms with Gasteiger partial charge in [-0.3, -0.25) is 4.79 Å². The molecule has 0 heterocycles. The predicted octanol–water partition coefficient (Wildman–Crippen LogP) is 10.9. The first kappa shape index (κ1) is 37.2. The highest BCUT2D eigenvalue weighted by molar-refractivity contribution is 8.17. The van der Waals surface area contributed by atoms with Crippen molar-refractivity contribution in [1.82, 2.24) is 0 Å². The Morgan fingerprint density at radius 1 is 0.780 bits per heavy atom. The number of aliphatic carboxylic acids is 1. The Hall–Kier alpha value is -1.79. The molecule has 41 heavy (non-hydrogen) atoms. The number of thioether (sulfide) groups is 2. The lowest BCUT2D eigenvalue weighted by Gasteiger charge is -2.31. The molecule has 0 saturated carbocycles. The smallest absolute Gasteiger partial charge is 0.303 e. The molecule has 0 aliphatic rings. The van der Waals surface area contributed by atoms with Crippen molar-refractivity contribution in [1.29, 1.82) is 0 Å². The fraction of sp³-hybridized carbons (Fsp3) is 0.629. The molecule has 0 aliphatic carbocycles. The molecule has 2 aromatic rings. The van der Waals surface area contributed by atoms with Crippen LogP contribution in [0.15, 0.2) is 34.1 Å². The summed E-state index contributed by atoms with van der Waals surface area (Å²) in [5.41, 5.74) is 3.85. The SMILES string of the molecule is CC.CC(Sc1cc(C(C)C)c(O)c(C(C)(C)C)c1)Sc1cc(C(C)(C)C)c(OCCCC(=O)O)c(C(C)(C)C)c1. The molecule has 0 bridgehead atoms. The van der Waals surface area contributed by atoms with Gasteiger partial charge in [-0.2, -0.15) is 0 Å². The van der Waals surface area contributed by atoms with E-state index in [2.05, 4.69) is 107 Å². The quantitative estimate of drug-likeness (QED) is 0.160. The number of aromatic hydroxyl groups is 1. The summed E-state index contributed by atoms with van der Waals surface area (Å²) in [4.78, 5) is 13.4. The van der Waals surface area contributed by atoms with Crippen molar-refractivity contribution in [3.8, 4) is 11.5 Å². The maximum absolute atomic E-state index is 11.0. The van der Waals surface area contributed by atoms with Gasteiger partial charge in [-0.1, -0.05) is 90.0 Å². The molecular formula is C35H56O4S2. The van der Waals surface area contributed by atoms with Crippen molar-refractivity contribution in [2.75, 3.05) is 6.61 Å². The number of benzene rings is 2. The number of carbonyl (C=O) groups is 1. The first-order chi connectivity index (χ1) is 18.7. The minimum atomic E-state index is -0.798. The van der Waals surface area contributed by atoms with Crippen molar-refractivity contribution >= 4 is 29.5 Å². The summed E-state index contributed by atoms with van der Waals surface area (Å²) in [6.45, 7) is 30.5. The van der Waals surface area contributed by atoms with E-state index in [1.165, 1.54) is 9.79 Å². The van der Waals surface area contributed by atoms with Gasteiger partial charge in [0.05, 0.1) is 11.2 Å². The molecule has 0 aromatic heterocycles. The van der Waals surface area contributed by atoms with Gasteiger partial charge in [-0.15, -0.1) is 23.5 Å². The van der Waals surface area contributed by atoms with Crippen LogP contribution in [-0.4, -0.2) is 27.4 Å². The first-order valence-electron chi connectivity index (χ1n) is 15.0. The Morgan fingerprint density at radius 3 is 1.59 bits per heavy atom. The van der Waals surface area contributed by atoms with E-state index in [1.54, 1.807) is 0 Å². The van der Waals surface area contributed by atoms with E-state index >= 15 is 0 Å². The highest BCUT2D eigenvalue weighted by Gasteiger charge is 2.29. The first-order valence-corrected chi connectivity index (χ1v) is 16.7. The third-order valence-electron chi connectivity index (χ3n) is 6.61. The molecule has 0 fully saturated rings. The highest BCUT2D eigenvalue weighted by atomic mass is 32.2. The molecular weight excluding hydrogens is 549 g/mol. The second kappa shape index (κ2) is 15.1. The van der Waals surface area contributed by atoms with Gasteiger partial charge in [0.2, 0.25) is 0 Å². The monoisotopic (exact) mass is 604 g/mol. The van der Waals surface area contributed by atoms with Crippen molar-refractivity contribution < 1.29 is 19.7 Å². The van der Waals surface area contributed by atoms with Crippen molar-refractivity contribution in [3.63, 3.8) is 0 Å². The lowest BCUT2D eigenvalue weighted by molar-refractivity contribution is -0.137. The minimum absolute atomic E-state index is 0.102. The van der Waals surface area contributed by atoms with E-state index in [9.17, 15) is 9.90 Å². The van der Waals surface area contributed by atoms with Gasteiger partial charge in [0.25, 0.3) is 0 Å². The van der Waals surface area contributed by atoms with Crippen LogP contribution in [-0.2, 0) is 21.0 Å². The molecule has 2 rings (SSSR count). The summed E-state index contributed by atoms with van der Waals surface area (Å²) >= 11 is 3.66. The fourth-order valence-corrected chi connectivity index (χ4v) is 6.83. The zero-order valence-electron chi connectivity index (χ0n) is 28.1. The Kier molecular flexibility index (Phi) is 13.7. The average Bonchev–Trinajstić information content (AvgIpc) is 2.82. The summed E-state index contributed by atoms with van der Waals surface area (Å²) in [5, 5.41) is 20.0. The molecule has 0 amide bonds. The second-order valence-electron chi connectivity index (χ2n) is 13.8. The van der Waals surface area contributed by atoms with Crippen LogP contribution in [0.3, 0.4) is 0 Å². The maximum Gasteiger partial charge on any atom is 0.303 e. The molecule has 232 valence electrons. The number of hydrogen-bond acceptors (Lipinski definition) is 5. The fourth-order valence-electron chi connectivity index (χ4n) is 4.45. The number of hydrogen-bond donors (Lipinski definition) is 2. The number of rotatable bonds is 10. The molecule has 2 aromatic carbocycles. The molecule has 6 heteroatoms. The predicted molar refractivity (Wildman–Crippen MR) is 180 cm³/mol. The van der Waals surface area contributed by atoms with E-state index in [1.807, 2.05) is 37.4 Å². The van der Waals surface area contributed by atoms with E-state index in [4.69, 9.17) is 9.84 Å². The largest absolute Gasteiger partial charge is 0.507 e. The van der Waals surface area contributed by atoms with Crippen LogP contribution < -0.4 is 4.74 Å². The highest BCUT2D eigenvalue weighted by Crippen LogP contribution is 2.46. The lowest BCUT2D eigenvalue weighted by atomic mass is 9.79. The number of carboxylic acid groups (broad SMARTS) is 1. The van der Waals surface area contributed by atoms with Gasteiger partial charge >= 0.3 is 5.97 Å². The zero-order chi connectivity index (χ0) is 31.9. The van der Waals surface area contributed by atoms with E-state index in [-0.39, 0.29) is 33.2 Å². The van der Waals surface area contributed by atoms with E-state index in [0.717, 1.165) is 28.0 Å². The molecule has 0 aliphatic heterocycles. The molecule has 2 N–H and O–H groups in total. The van der Waals surface area contributed by atoms with Crippen LogP contribution in [0.25, 0.3) is 0 Å². The molecule has 0 saturated heterocycles. The van der Waals surface area contributed by atoms with E-state index < -0.39 is 5.97 Å². The normalized spacial score (nSPS) is 13.0. The Labute approximate surface area is 259 Å². The minimum Gasteiger partial charge on any atom is -0.507 e. The summed E-state index contributed by atoms with van der Waals surface area (Å²) in [6, 6.07) is 8.80. The number of phenolic OH excluding ortho intramolecular Hbond substituents is 1. The van der Waals surface area contributed by atoms with Crippen LogP contribution in [0.2, 0.25) is 0 Å². The van der Waals surface area contributed by atoms with Gasteiger partial charge < -0.3 is 14.9 Å². The topological polar surface area (TPSA) is 66.8 Å². The standard InChI is InChI=1S/C33H50O4S2.C2H6/c1-20(2)24-16-22(17-25(29(24)36)31(4,5)6)38-21(3)39-23-18-26(32(7,8)9)30(27(19-23)33(10,11)12)37-15-13-14-28(34)35;1-2/h16-21,36H,13-15H2,1-12H3,(H,34,35);1-2H3. The van der Waals surface area contributed by atoms with Crippen LogP contribution in [0.5, 0.6) is 11.5 Å². The summed E-state index contributed by atoms with van der Waals surface area (Å²) in [7, 11) is 0. The van der Waals surface area contributed by atoms with Gasteiger partial charge in [0, 0.05) is 32.9 Å². The Bertz CT molecular complexity index is 1110.